The Morgan fingerprint density at radius 1 is 0.440 bits per heavy atom. The molecule has 6 aliphatic heterocycles. The Bertz CT molecular complexity index is 3760. The fourth-order valence-corrected chi connectivity index (χ4v) is 19.7. The van der Waals surface area contributed by atoms with Crippen LogP contribution in [0.3, 0.4) is 0 Å². The van der Waals surface area contributed by atoms with Gasteiger partial charge in [0.05, 0.1) is 16.2 Å². The molecule has 3 amide bonds. The first-order valence-electron chi connectivity index (χ1n) is 36.3. The summed E-state index contributed by atoms with van der Waals surface area (Å²) < 4.78 is 26.7. The highest BCUT2D eigenvalue weighted by Crippen LogP contribution is 2.47. The van der Waals surface area contributed by atoms with Gasteiger partial charge in [-0.25, -0.2) is 44.3 Å². The fourth-order valence-electron chi connectivity index (χ4n) is 17.3. The van der Waals surface area contributed by atoms with E-state index in [1.807, 2.05) is 77.0 Å². The van der Waals surface area contributed by atoms with Gasteiger partial charge in [-0.15, -0.1) is 0 Å². The zero-order valence-electron chi connectivity index (χ0n) is 60.0. The highest BCUT2D eigenvalue weighted by atomic mass is 127. The molecule has 0 aromatic carbocycles. The third kappa shape index (κ3) is 17.1. The maximum Gasteiger partial charge on any atom is 0.410 e. The molecule has 9 fully saturated rings. The SMILES string of the molecule is CC(C)(C)OC(=O)N1CCC2(CCN(C3CCC(n4cc(I)c5c(N)ncnc54)CC3)C2)C1.CC(C)(C)OC(=O)N1CCC2(CCN(C3CCC(n4cc(I)c5c(N)ncnc54)CC3)C2)C1.CC(C)(C)OC(=O)N1CCC2(CCNC2)C1.Nc1ncnc2c1c(I)cn2C1CCC(=O)CC1. The number of nitrogens with two attached hydrogens (primary N) is 3. The van der Waals surface area contributed by atoms with Gasteiger partial charge in [-0.3, -0.25) is 14.6 Å². The second-order valence-electron chi connectivity index (χ2n) is 33.0. The summed E-state index contributed by atoms with van der Waals surface area (Å²) in [5.74, 6) is 2.02. The number of anilines is 3. The van der Waals surface area contributed by atoms with Crippen LogP contribution in [0.25, 0.3) is 33.1 Å². The summed E-state index contributed by atoms with van der Waals surface area (Å²) in [4.78, 5) is 85.2. The fraction of sp³-hybridized carbons (Fsp3) is 0.694. The van der Waals surface area contributed by atoms with Crippen molar-refractivity contribution in [3.63, 3.8) is 0 Å². The molecule has 7 N–H and O–H groups in total. The highest BCUT2D eigenvalue weighted by Gasteiger charge is 2.50. The van der Waals surface area contributed by atoms with Crippen LogP contribution < -0.4 is 22.5 Å². The number of carbonyl (C=O) groups is 4. The summed E-state index contributed by atoms with van der Waals surface area (Å²) in [6.45, 7) is 29.0. The Morgan fingerprint density at radius 3 is 1.08 bits per heavy atom. The van der Waals surface area contributed by atoms with Crippen LogP contribution in [0.2, 0.25) is 0 Å². The van der Waals surface area contributed by atoms with Gasteiger partial charge >= 0.3 is 18.3 Å². The number of ketones is 1. The number of Topliss-reactive ketones (excluding diaryl/α,β-unsaturated/α-hetero) is 1. The molecule has 3 atom stereocenters. The van der Waals surface area contributed by atoms with Crippen molar-refractivity contribution in [3.8, 4) is 0 Å². The smallest absolute Gasteiger partial charge is 0.410 e. The van der Waals surface area contributed by atoms with Gasteiger partial charge in [0.25, 0.3) is 0 Å². The largest absolute Gasteiger partial charge is 0.444 e. The second kappa shape index (κ2) is 30.1. The van der Waals surface area contributed by atoms with E-state index in [-0.39, 0.29) is 34.7 Å². The number of likely N-dealkylation sites (tertiary alicyclic amines) is 5. The number of nitrogens with zero attached hydrogens (tertiary/aromatic N) is 14. The summed E-state index contributed by atoms with van der Waals surface area (Å²) >= 11 is 6.94. The van der Waals surface area contributed by atoms with Gasteiger partial charge < -0.3 is 65.1 Å². The third-order valence-corrected chi connectivity index (χ3v) is 24.8. The number of rotatable bonds is 5. The van der Waals surface area contributed by atoms with Crippen LogP contribution in [0.5, 0.6) is 0 Å². The Balaban J connectivity index is 0.000000132. The molecule has 12 heterocycles. The van der Waals surface area contributed by atoms with Crippen LogP contribution in [0.4, 0.5) is 31.8 Å². The number of carbonyl (C=O) groups excluding carboxylic acids is 4. The van der Waals surface area contributed by atoms with Crippen molar-refractivity contribution < 1.29 is 33.4 Å². The number of nitrogen functional groups attached to an aromatic ring is 3. The summed E-state index contributed by atoms with van der Waals surface area (Å²) in [7, 11) is 0. The molecule has 3 unspecified atom stereocenters. The lowest BCUT2D eigenvalue weighted by molar-refractivity contribution is -0.120. The van der Waals surface area contributed by atoms with E-state index in [0.29, 0.717) is 71.7 Å². The molecule has 100 heavy (non-hydrogen) atoms. The Labute approximate surface area is 629 Å². The van der Waals surface area contributed by atoms with Gasteiger partial charge in [-0.1, -0.05) is 0 Å². The van der Waals surface area contributed by atoms with Crippen molar-refractivity contribution >= 4 is 142 Å². The first-order chi connectivity index (χ1) is 47.3. The van der Waals surface area contributed by atoms with E-state index in [9.17, 15) is 19.2 Å². The molecular weight excluding hydrogens is 1610 g/mol. The van der Waals surface area contributed by atoms with E-state index in [1.54, 1.807) is 12.7 Å². The van der Waals surface area contributed by atoms with Gasteiger partial charge in [0.2, 0.25) is 0 Å². The summed E-state index contributed by atoms with van der Waals surface area (Å²) in [5, 5.41) is 6.28. The van der Waals surface area contributed by atoms with Crippen LogP contribution in [0.15, 0.2) is 37.6 Å². The highest BCUT2D eigenvalue weighted by molar-refractivity contribution is 14.1. The lowest BCUT2D eigenvalue weighted by Crippen LogP contribution is -2.40. The first kappa shape index (κ1) is 74.5. The van der Waals surface area contributed by atoms with Gasteiger partial charge in [0.15, 0.2) is 0 Å². The third-order valence-electron chi connectivity index (χ3n) is 22.4. The minimum Gasteiger partial charge on any atom is -0.444 e. The number of aromatic nitrogens is 9. The average molecular weight is 1720 g/mol. The number of halogens is 3. The molecule has 0 radical (unpaired) electrons. The topological polar surface area (TPSA) is 294 Å². The lowest BCUT2D eigenvalue weighted by Gasteiger charge is -2.36. The quantitative estimate of drug-likeness (QED) is 0.0921. The molecule has 25 nitrogen and oxygen atoms in total. The van der Waals surface area contributed by atoms with Gasteiger partial charge in [-0.2, -0.15) is 0 Å². The van der Waals surface area contributed by atoms with E-state index < -0.39 is 11.2 Å². The number of ether oxygens (including phenoxy) is 3. The van der Waals surface area contributed by atoms with E-state index in [0.717, 1.165) is 180 Å². The number of amides is 3. The molecule has 9 aliphatic rings. The Kier molecular flexibility index (Phi) is 22.4. The predicted molar refractivity (Wildman–Crippen MR) is 414 cm³/mol. The van der Waals surface area contributed by atoms with Crippen molar-refractivity contribution in [2.24, 2.45) is 16.2 Å². The number of nitrogens with one attached hydrogen (secondary N) is 1. The van der Waals surface area contributed by atoms with Crippen LogP contribution in [-0.2, 0) is 19.0 Å². The van der Waals surface area contributed by atoms with Crippen LogP contribution >= 0.6 is 67.8 Å². The van der Waals surface area contributed by atoms with E-state index >= 15 is 0 Å². The Hall–Kier alpha value is -5.19. The van der Waals surface area contributed by atoms with Gasteiger partial charge in [0, 0.05) is 147 Å². The van der Waals surface area contributed by atoms with E-state index in [2.05, 4.69) is 145 Å². The van der Waals surface area contributed by atoms with Crippen molar-refractivity contribution in [3.05, 3.63) is 48.3 Å². The van der Waals surface area contributed by atoms with Crippen molar-refractivity contribution in [1.82, 2.24) is 73.4 Å². The minimum atomic E-state index is -0.436. The summed E-state index contributed by atoms with van der Waals surface area (Å²) in [5.41, 5.74) is 20.5. The van der Waals surface area contributed by atoms with Crippen molar-refractivity contribution in [1.29, 1.82) is 0 Å². The van der Waals surface area contributed by atoms with E-state index in [1.165, 1.54) is 51.3 Å². The molecule has 6 aromatic heterocycles. The maximum atomic E-state index is 12.5. The van der Waals surface area contributed by atoms with Crippen molar-refractivity contribution in [2.75, 3.05) is 95.7 Å². The van der Waals surface area contributed by atoms with Crippen LogP contribution in [0, 0.1) is 27.0 Å². The van der Waals surface area contributed by atoms with Crippen molar-refractivity contribution in [2.45, 2.75) is 225 Å². The lowest BCUT2D eigenvalue weighted by atomic mass is 9.86. The summed E-state index contributed by atoms with van der Waals surface area (Å²) in [6, 6.07) is 2.55. The molecule has 6 aromatic rings. The number of fused-ring (bicyclic) bond motifs is 3. The second-order valence-corrected chi connectivity index (χ2v) is 36.5. The normalized spacial score (nSPS) is 27.0. The molecule has 3 aliphatic carbocycles. The van der Waals surface area contributed by atoms with Crippen LogP contribution in [0.1, 0.15) is 196 Å². The van der Waals surface area contributed by atoms with Crippen LogP contribution in [-0.4, -0.2) is 200 Å². The molecular formula is C72H105I3N18O7. The van der Waals surface area contributed by atoms with Gasteiger partial charge in [-0.05, 0) is 252 Å². The molecule has 3 spiro atoms. The number of hydrogen-bond acceptors (Lipinski definition) is 19. The van der Waals surface area contributed by atoms with E-state index in [4.69, 9.17) is 31.4 Å². The molecule has 6 saturated heterocycles. The van der Waals surface area contributed by atoms with Gasteiger partial charge in [0.1, 0.15) is 76.0 Å². The predicted octanol–water partition coefficient (Wildman–Crippen LogP) is 12.8. The molecule has 15 rings (SSSR count). The zero-order valence-corrected chi connectivity index (χ0v) is 66.5. The number of hydrogen-bond donors (Lipinski definition) is 4. The minimum absolute atomic E-state index is 0.156. The Morgan fingerprint density at radius 2 is 0.750 bits per heavy atom. The first-order valence-corrected chi connectivity index (χ1v) is 39.5. The average Bonchev–Trinajstić information content (AvgIpc) is 1.63. The summed E-state index contributed by atoms with van der Waals surface area (Å²) in [6.07, 6.45) is 30.0. The zero-order chi connectivity index (χ0) is 71.3. The maximum absolute atomic E-state index is 12.5. The molecule has 28 heteroatoms. The molecule has 3 saturated carbocycles. The monoisotopic (exact) mass is 1710 g/mol. The standard InChI is InChI=1S/2C24H35IN6O2.C12H13IN4O.C12H22N2O2/c2*1-23(2,3)33-22(32)30-11-9-24(14-30)8-10-29(13-24)16-4-6-17(7-5-16)31-12-18(25)19-20(26)27-15-28-21(19)31;13-9-5-17(7-1-3-8(18)4-2-7)12-10(9)11(14)15-6-16-12;1-11(2,3)16-10(15)14-7-5-12(9-14)4-6-13-8-12/h2*12,15-17H,4-11,13-14H2,1-3H3,(H2,26,27,28);5-7H,1-4H2,(H2,14,15,16);13H,4-9H2,1-3H3. The molecule has 546 valence electrons. The molecule has 0 bridgehead atoms.